The molecule has 0 aliphatic carbocycles. The minimum absolute atomic E-state index is 0.171. The highest BCUT2D eigenvalue weighted by Gasteiger charge is 2.34. The molecule has 2 aromatic carbocycles. The van der Waals surface area contributed by atoms with Crippen LogP contribution < -0.4 is 0 Å². The number of aliphatic hydroxyl groups excluding tert-OH is 2. The molecule has 3 aromatic rings. The molecule has 1 aliphatic heterocycles. The van der Waals surface area contributed by atoms with Gasteiger partial charge in [0, 0.05) is 6.42 Å². The lowest BCUT2D eigenvalue weighted by Crippen LogP contribution is -2.24. The molecule has 1 aromatic heterocycles. The second-order valence-corrected chi connectivity index (χ2v) is 5.61. The van der Waals surface area contributed by atoms with E-state index in [1.807, 2.05) is 42.5 Å². The van der Waals surface area contributed by atoms with Gasteiger partial charge in [0.2, 0.25) is 0 Å². The molecule has 1 aliphatic rings. The number of ether oxygens (including phenoxy) is 1. The topological polar surface area (TPSA) is 75.5 Å². The average molecular weight is 296 g/mol. The maximum Gasteiger partial charge on any atom is 0.107 e. The van der Waals surface area contributed by atoms with Gasteiger partial charge in [-0.05, 0) is 29.8 Å². The molecule has 112 valence electrons. The summed E-state index contributed by atoms with van der Waals surface area (Å²) in [5.41, 5.74) is 4.32. The number of benzene rings is 2. The van der Waals surface area contributed by atoms with Gasteiger partial charge in [-0.15, -0.1) is 0 Å². The van der Waals surface area contributed by atoms with Gasteiger partial charge in [-0.3, -0.25) is 0 Å². The largest absolute Gasteiger partial charge is 0.394 e. The Morgan fingerprint density at radius 1 is 1.00 bits per heavy atom. The molecule has 0 radical (unpaired) electrons. The number of nitrogens with zero attached hydrogens (tertiary/aromatic N) is 2. The number of para-hydroxylation sites is 2. The molecule has 2 N–H and O–H groups in total. The first-order chi connectivity index (χ1) is 10.7. The van der Waals surface area contributed by atoms with Crippen LogP contribution in [0.25, 0.3) is 22.1 Å². The van der Waals surface area contributed by atoms with Crippen LogP contribution in [-0.2, 0) is 4.74 Å². The third-order valence-corrected chi connectivity index (χ3v) is 4.14. The summed E-state index contributed by atoms with van der Waals surface area (Å²) in [6.07, 6.45) is -0.876. The summed E-state index contributed by atoms with van der Waals surface area (Å²) in [6, 6.07) is 13.6. The van der Waals surface area contributed by atoms with Gasteiger partial charge in [0.25, 0.3) is 0 Å². The van der Waals surface area contributed by atoms with E-state index in [0.717, 1.165) is 27.6 Å². The van der Waals surface area contributed by atoms with Gasteiger partial charge in [0.05, 0.1) is 40.9 Å². The molecular weight excluding hydrogens is 280 g/mol. The summed E-state index contributed by atoms with van der Waals surface area (Å²) in [6.45, 7) is -0.171. The predicted octanol–water partition coefficient (Wildman–Crippen LogP) is 1.97. The maximum absolute atomic E-state index is 9.86. The predicted molar refractivity (Wildman–Crippen MR) is 82.4 cm³/mol. The second-order valence-electron chi connectivity index (χ2n) is 5.61. The van der Waals surface area contributed by atoms with E-state index in [9.17, 15) is 10.2 Å². The molecule has 0 amide bonds. The van der Waals surface area contributed by atoms with Crippen molar-refractivity contribution in [2.45, 2.75) is 24.7 Å². The van der Waals surface area contributed by atoms with Crippen molar-refractivity contribution in [2.24, 2.45) is 0 Å². The zero-order valence-corrected chi connectivity index (χ0v) is 11.9. The number of aromatic nitrogens is 2. The molecule has 4 rings (SSSR count). The van der Waals surface area contributed by atoms with Crippen LogP contribution in [0.2, 0.25) is 0 Å². The van der Waals surface area contributed by atoms with Crippen LogP contribution in [-0.4, -0.2) is 39.0 Å². The number of aliphatic hydroxyl groups is 2. The molecule has 0 bridgehead atoms. The summed E-state index contributed by atoms with van der Waals surface area (Å²) >= 11 is 0. The van der Waals surface area contributed by atoms with Crippen molar-refractivity contribution < 1.29 is 14.9 Å². The van der Waals surface area contributed by atoms with E-state index in [2.05, 4.69) is 9.97 Å². The highest BCUT2D eigenvalue weighted by molar-refractivity contribution is 5.86. The van der Waals surface area contributed by atoms with Gasteiger partial charge < -0.3 is 14.9 Å². The smallest absolute Gasteiger partial charge is 0.107 e. The molecule has 22 heavy (non-hydrogen) atoms. The minimum atomic E-state index is -0.631. The van der Waals surface area contributed by atoms with Crippen LogP contribution in [0.15, 0.2) is 42.5 Å². The Morgan fingerprint density at radius 3 is 2.36 bits per heavy atom. The second kappa shape index (κ2) is 5.28. The number of hydrogen-bond acceptors (Lipinski definition) is 5. The highest BCUT2D eigenvalue weighted by atomic mass is 16.5. The zero-order valence-electron chi connectivity index (χ0n) is 11.9. The maximum atomic E-state index is 9.86. The molecule has 1 fully saturated rings. The lowest BCUT2D eigenvalue weighted by molar-refractivity contribution is -0.0225. The van der Waals surface area contributed by atoms with E-state index < -0.39 is 12.2 Å². The molecule has 1 unspecified atom stereocenters. The summed E-state index contributed by atoms with van der Waals surface area (Å²) in [5.74, 6) is 0. The van der Waals surface area contributed by atoms with E-state index in [-0.39, 0.29) is 12.7 Å². The Kier molecular flexibility index (Phi) is 3.26. The number of hydrogen-bond donors (Lipinski definition) is 2. The molecule has 5 nitrogen and oxygen atoms in total. The Hall–Kier alpha value is -2.08. The Balaban J connectivity index is 1.75. The van der Waals surface area contributed by atoms with Gasteiger partial charge in [-0.2, -0.15) is 0 Å². The van der Waals surface area contributed by atoms with Crippen LogP contribution >= 0.6 is 0 Å². The zero-order chi connectivity index (χ0) is 15.1. The molecule has 0 saturated carbocycles. The van der Waals surface area contributed by atoms with Crippen molar-refractivity contribution in [3.05, 3.63) is 48.0 Å². The first kappa shape index (κ1) is 13.6. The van der Waals surface area contributed by atoms with Crippen molar-refractivity contribution in [3.8, 4) is 0 Å². The summed E-state index contributed by atoms with van der Waals surface area (Å²) in [5, 5.41) is 19.0. The minimum Gasteiger partial charge on any atom is -0.394 e. The summed E-state index contributed by atoms with van der Waals surface area (Å²) in [7, 11) is 0. The third kappa shape index (κ3) is 2.23. The van der Waals surface area contributed by atoms with Crippen molar-refractivity contribution in [3.63, 3.8) is 0 Å². The molecule has 3 atom stereocenters. The van der Waals surface area contributed by atoms with Crippen LogP contribution in [0.5, 0.6) is 0 Å². The van der Waals surface area contributed by atoms with Crippen LogP contribution in [0.1, 0.15) is 18.1 Å². The fourth-order valence-electron chi connectivity index (χ4n) is 2.95. The first-order valence-electron chi connectivity index (χ1n) is 7.35. The van der Waals surface area contributed by atoms with E-state index in [0.29, 0.717) is 6.42 Å². The van der Waals surface area contributed by atoms with Gasteiger partial charge in [0.15, 0.2) is 0 Å². The van der Waals surface area contributed by atoms with E-state index in [4.69, 9.17) is 4.74 Å². The van der Waals surface area contributed by atoms with Gasteiger partial charge in [-0.25, -0.2) is 9.97 Å². The highest BCUT2D eigenvalue weighted by Crippen LogP contribution is 2.34. The van der Waals surface area contributed by atoms with Crippen molar-refractivity contribution >= 4 is 22.1 Å². The van der Waals surface area contributed by atoms with Crippen molar-refractivity contribution in [1.29, 1.82) is 0 Å². The van der Waals surface area contributed by atoms with Gasteiger partial charge >= 0.3 is 0 Å². The Labute approximate surface area is 127 Å². The quantitative estimate of drug-likeness (QED) is 0.707. The van der Waals surface area contributed by atoms with Crippen LogP contribution in [0.4, 0.5) is 0 Å². The fraction of sp³-hybridized carbons (Fsp3) is 0.294. The average Bonchev–Trinajstić information content (AvgIpc) is 2.93. The monoisotopic (exact) mass is 296 g/mol. The fourth-order valence-corrected chi connectivity index (χ4v) is 2.95. The lowest BCUT2D eigenvalue weighted by atomic mass is 10.0. The van der Waals surface area contributed by atoms with Gasteiger partial charge in [0.1, 0.15) is 6.10 Å². The van der Waals surface area contributed by atoms with Crippen LogP contribution in [0.3, 0.4) is 0 Å². The molecule has 0 spiro atoms. The Morgan fingerprint density at radius 2 is 1.68 bits per heavy atom. The van der Waals surface area contributed by atoms with E-state index >= 15 is 0 Å². The standard InChI is InChI=1S/C17H16N2O3/c20-9-17-15(21)8-16(22-17)10-5-6-13-14(7-10)19-12-4-2-1-3-11(12)18-13/h1-7,15-17,20-21H,8-9H2/t15-,16?,17+/m0/s1. The SMILES string of the molecule is OC[C@H]1OC(c2ccc3nc4ccccc4nc3c2)C[C@@H]1O. The molecular formula is C17H16N2O3. The number of rotatable bonds is 2. The summed E-state index contributed by atoms with van der Waals surface area (Å²) in [4.78, 5) is 9.24. The lowest BCUT2D eigenvalue weighted by Gasteiger charge is -2.12. The first-order valence-corrected chi connectivity index (χ1v) is 7.35. The third-order valence-electron chi connectivity index (χ3n) is 4.14. The van der Waals surface area contributed by atoms with E-state index in [1.165, 1.54) is 0 Å². The molecule has 5 heteroatoms. The molecule has 2 heterocycles. The molecule has 1 saturated heterocycles. The normalized spacial score (nSPS) is 25.1. The summed E-state index contributed by atoms with van der Waals surface area (Å²) < 4.78 is 5.70. The van der Waals surface area contributed by atoms with E-state index in [1.54, 1.807) is 0 Å². The Bertz CT molecular complexity index is 836. The van der Waals surface area contributed by atoms with Gasteiger partial charge in [-0.1, -0.05) is 18.2 Å². The number of fused-ring (bicyclic) bond motifs is 2. The van der Waals surface area contributed by atoms with Crippen molar-refractivity contribution in [2.75, 3.05) is 6.61 Å². The van der Waals surface area contributed by atoms with Crippen molar-refractivity contribution in [1.82, 2.24) is 9.97 Å². The van der Waals surface area contributed by atoms with Crippen LogP contribution in [0, 0.1) is 0 Å².